The molecule has 0 N–H and O–H groups in total. The molecule has 0 saturated carbocycles. The summed E-state index contributed by atoms with van der Waals surface area (Å²) in [6.45, 7) is 6.07. The molecule has 0 radical (unpaired) electrons. The fourth-order valence-electron chi connectivity index (χ4n) is 3.42. The minimum atomic E-state index is -0.369. The first-order valence-corrected chi connectivity index (χ1v) is 9.45. The highest BCUT2D eigenvalue weighted by molar-refractivity contribution is 5.99. The highest BCUT2D eigenvalue weighted by Gasteiger charge is 2.23. The maximum Gasteiger partial charge on any atom is 0.313 e. The van der Waals surface area contributed by atoms with Crippen molar-refractivity contribution in [2.45, 2.75) is 39.7 Å². The minimum absolute atomic E-state index is 0.199. The third-order valence-electron chi connectivity index (χ3n) is 5.01. The lowest BCUT2D eigenvalue weighted by Gasteiger charge is -2.14. The monoisotopic (exact) mass is 379 g/mol. The molecule has 146 valence electrons. The number of aryl methyl sites for hydroxylation is 1. The van der Waals surface area contributed by atoms with Crippen LogP contribution in [0.4, 0.5) is 0 Å². The molecular formula is C23H25NO4. The first-order valence-electron chi connectivity index (χ1n) is 9.45. The van der Waals surface area contributed by atoms with E-state index < -0.39 is 0 Å². The van der Waals surface area contributed by atoms with Crippen molar-refractivity contribution >= 4 is 11.8 Å². The Morgan fingerprint density at radius 1 is 1.11 bits per heavy atom. The van der Waals surface area contributed by atoms with E-state index >= 15 is 0 Å². The Labute approximate surface area is 164 Å². The molecule has 2 aromatic heterocycles. The second-order valence-corrected chi connectivity index (χ2v) is 6.85. The average Bonchev–Trinajstić information content (AvgIpc) is 3.31. The zero-order valence-corrected chi connectivity index (χ0v) is 16.5. The molecule has 0 aliphatic rings. The van der Waals surface area contributed by atoms with Crippen molar-refractivity contribution in [1.82, 2.24) is 4.57 Å². The average molecular weight is 379 g/mol. The molecule has 3 aromatic rings. The van der Waals surface area contributed by atoms with Crippen molar-refractivity contribution in [1.29, 1.82) is 0 Å². The number of esters is 1. The van der Waals surface area contributed by atoms with Gasteiger partial charge >= 0.3 is 5.97 Å². The molecule has 0 aliphatic carbocycles. The predicted octanol–water partition coefficient (Wildman–Crippen LogP) is 4.67. The molecule has 3 rings (SSSR count). The third-order valence-corrected chi connectivity index (χ3v) is 5.01. The van der Waals surface area contributed by atoms with Crippen molar-refractivity contribution in [3.8, 4) is 0 Å². The van der Waals surface area contributed by atoms with Crippen LogP contribution in [0.15, 0.2) is 59.2 Å². The molecule has 0 fully saturated rings. The molecular weight excluding hydrogens is 354 g/mol. The fourth-order valence-corrected chi connectivity index (χ4v) is 3.42. The van der Waals surface area contributed by atoms with Crippen LogP contribution >= 0.6 is 0 Å². The second kappa shape index (κ2) is 8.74. The van der Waals surface area contributed by atoms with E-state index in [9.17, 15) is 9.59 Å². The fraction of sp³-hybridized carbons (Fsp3) is 0.304. The second-order valence-electron chi connectivity index (χ2n) is 6.85. The van der Waals surface area contributed by atoms with Gasteiger partial charge in [0, 0.05) is 17.0 Å². The maximum atomic E-state index is 12.7. The summed E-state index contributed by atoms with van der Waals surface area (Å²) in [6, 6.07) is 15.1. The molecule has 5 nitrogen and oxygen atoms in total. The standard InChI is InChI=1S/C23H25NO4/c1-4-20(18-9-6-5-7-10-18)23(26)28-15-22(25)21-13-16(2)24(17(21)3)14-19-11-8-12-27-19/h5-13,20H,4,14-15H2,1-3H3/t20-/m0/s1. The van der Waals surface area contributed by atoms with E-state index in [1.54, 1.807) is 6.26 Å². The Balaban J connectivity index is 1.67. The summed E-state index contributed by atoms with van der Waals surface area (Å²) < 4.78 is 12.8. The number of aromatic nitrogens is 1. The van der Waals surface area contributed by atoms with Gasteiger partial charge in [-0.2, -0.15) is 0 Å². The van der Waals surface area contributed by atoms with E-state index in [4.69, 9.17) is 9.15 Å². The zero-order valence-electron chi connectivity index (χ0n) is 16.5. The molecule has 1 aromatic carbocycles. The van der Waals surface area contributed by atoms with E-state index in [1.165, 1.54) is 0 Å². The largest absolute Gasteiger partial charge is 0.467 e. The third kappa shape index (κ3) is 4.25. The van der Waals surface area contributed by atoms with Gasteiger partial charge in [0.1, 0.15) is 5.76 Å². The molecule has 2 heterocycles. The highest BCUT2D eigenvalue weighted by Crippen LogP contribution is 2.22. The summed E-state index contributed by atoms with van der Waals surface area (Å²) in [6.07, 6.45) is 2.25. The van der Waals surface area contributed by atoms with E-state index in [-0.39, 0.29) is 24.3 Å². The molecule has 1 atom stereocenters. The number of ketones is 1. The Morgan fingerprint density at radius 2 is 1.86 bits per heavy atom. The van der Waals surface area contributed by atoms with Crippen LogP contribution in [-0.4, -0.2) is 22.9 Å². The summed E-state index contributed by atoms with van der Waals surface area (Å²) >= 11 is 0. The lowest BCUT2D eigenvalue weighted by atomic mass is 9.97. The topological polar surface area (TPSA) is 61.4 Å². The summed E-state index contributed by atoms with van der Waals surface area (Å²) in [4.78, 5) is 25.2. The van der Waals surface area contributed by atoms with Gasteiger partial charge in [-0.05, 0) is 44.0 Å². The molecule has 5 heteroatoms. The molecule has 0 aliphatic heterocycles. The van der Waals surface area contributed by atoms with Crippen molar-refractivity contribution in [2.75, 3.05) is 6.61 Å². The molecule has 0 saturated heterocycles. The van der Waals surface area contributed by atoms with Gasteiger partial charge in [-0.1, -0.05) is 37.3 Å². The summed E-state index contributed by atoms with van der Waals surface area (Å²) in [5, 5.41) is 0. The van der Waals surface area contributed by atoms with Gasteiger partial charge in [-0.25, -0.2) is 0 Å². The summed E-state index contributed by atoms with van der Waals surface area (Å²) in [5.41, 5.74) is 3.27. The number of benzene rings is 1. The number of Topliss-reactive ketones (excluding diaryl/α,β-unsaturated/α-hetero) is 1. The zero-order chi connectivity index (χ0) is 20.1. The molecule has 0 amide bonds. The molecule has 0 spiro atoms. The van der Waals surface area contributed by atoms with Crippen LogP contribution in [0.1, 0.15) is 52.3 Å². The van der Waals surface area contributed by atoms with Gasteiger partial charge in [0.05, 0.1) is 18.7 Å². The number of hydrogen-bond donors (Lipinski definition) is 0. The highest BCUT2D eigenvalue weighted by atomic mass is 16.5. The SMILES string of the molecule is CC[C@H](C(=O)OCC(=O)c1cc(C)n(Cc2ccco2)c1C)c1ccccc1. The Hall–Kier alpha value is -3.08. The lowest BCUT2D eigenvalue weighted by molar-refractivity contribution is -0.144. The summed E-state index contributed by atoms with van der Waals surface area (Å²) in [7, 11) is 0. The number of rotatable bonds is 8. The van der Waals surface area contributed by atoms with E-state index in [0.717, 1.165) is 22.7 Å². The maximum absolute atomic E-state index is 12.7. The van der Waals surface area contributed by atoms with E-state index in [1.807, 2.05) is 73.9 Å². The van der Waals surface area contributed by atoms with Crippen molar-refractivity contribution in [3.05, 3.63) is 83.1 Å². The first kappa shape index (κ1) is 19.7. The van der Waals surface area contributed by atoms with Crippen molar-refractivity contribution in [3.63, 3.8) is 0 Å². The number of nitrogens with zero attached hydrogens (tertiary/aromatic N) is 1. The lowest BCUT2D eigenvalue weighted by Crippen LogP contribution is -2.20. The Bertz CT molecular complexity index is 939. The van der Waals surface area contributed by atoms with E-state index in [0.29, 0.717) is 18.5 Å². The van der Waals surface area contributed by atoms with Gasteiger partial charge in [0.2, 0.25) is 5.78 Å². The molecule has 28 heavy (non-hydrogen) atoms. The van der Waals surface area contributed by atoms with Gasteiger partial charge in [-0.15, -0.1) is 0 Å². The van der Waals surface area contributed by atoms with Crippen LogP contribution in [0.5, 0.6) is 0 Å². The van der Waals surface area contributed by atoms with Crippen LogP contribution in [0, 0.1) is 13.8 Å². The first-order chi connectivity index (χ1) is 13.5. The van der Waals surface area contributed by atoms with Gasteiger partial charge in [-0.3, -0.25) is 9.59 Å². The number of carbonyl (C=O) groups is 2. The number of hydrogen-bond acceptors (Lipinski definition) is 4. The normalized spacial score (nSPS) is 12.0. The van der Waals surface area contributed by atoms with Crippen LogP contribution < -0.4 is 0 Å². The smallest absolute Gasteiger partial charge is 0.313 e. The van der Waals surface area contributed by atoms with E-state index in [2.05, 4.69) is 0 Å². The number of furan rings is 1. The summed E-state index contributed by atoms with van der Waals surface area (Å²) in [5.74, 6) is -0.109. The Morgan fingerprint density at radius 3 is 2.50 bits per heavy atom. The van der Waals surface area contributed by atoms with Crippen LogP contribution in [0.2, 0.25) is 0 Å². The van der Waals surface area contributed by atoms with Crippen LogP contribution in [0.25, 0.3) is 0 Å². The van der Waals surface area contributed by atoms with Crippen LogP contribution in [-0.2, 0) is 16.1 Å². The quantitative estimate of drug-likeness (QED) is 0.422. The van der Waals surface area contributed by atoms with Gasteiger partial charge < -0.3 is 13.7 Å². The van der Waals surface area contributed by atoms with Crippen molar-refractivity contribution in [2.24, 2.45) is 0 Å². The van der Waals surface area contributed by atoms with Gasteiger partial charge in [0.15, 0.2) is 6.61 Å². The number of ether oxygens (including phenoxy) is 1. The predicted molar refractivity (Wildman–Crippen MR) is 106 cm³/mol. The Kier molecular flexibility index (Phi) is 6.14. The van der Waals surface area contributed by atoms with Crippen molar-refractivity contribution < 1.29 is 18.7 Å². The van der Waals surface area contributed by atoms with Crippen LogP contribution in [0.3, 0.4) is 0 Å². The number of carbonyl (C=O) groups excluding carboxylic acids is 2. The molecule has 0 unspecified atom stereocenters. The molecule has 0 bridgehead atoms. The minimum Gasteiger partial charge on any atom is -0.467 e. The van der Waals surface area contributed by atoms with Gasteiger partial charge in [0.25, 0.3) is 0 Å².